The molecule has 0 aromatic heterocycles. The number of benzene rings is 1. The average molecular weight is 1090 g/mol. The molecule has 0 spiro atoms. The first-order valence-electron chi connectivity index (χ1n) is 24.8. The molecule has 1 aliphatic heterocycles. The van der Waals surface area contributed by atoms with Crippen molar-refractivity contribution in [2.75, 3.05) is 19.7 Å². The first kappa shape index (κ1) is 65.4. The van der Waals surface area contributed by atoms with Gasteiger partial charge in [0, 0.05) is 32.4 Å². The Morgan fingerprint density at radius 2 is 1.16 bits per heavy atom. The summed E-state index contributed by atoms with van der Waals surface area (Å²) in [4.78, 5) is 150. The van der Waals surface area contributed by atoms with Crippen LogP contribution in [0.25, 0.3) is 0 Å². The molecule has 0 radical (unpaired) electrons. The quantitative estimate of drug-likeness (QED) is 0.0177. The van der Waals surface area contributed by atoms with Crippen molar-refractivity contribution < 1.29 is 78.3 Å². The van der Waals surface area contributed by atoms with E-state index in [0.717, 1.165) is 18.7 Å². The van der Waals surface area contributed by atoms with Crippen LogP contribution in [0.15, 0.2) is 29.3 Å². The molecule has 11 atom stereocenters. The number of nitrogens with zero attached hydrogens (tertiary/aromatic N) is 2. The zero-order valence-corrected chi connectivity index (χ0v) is 43.4. The summed E-state index contributed by atoms with van der Waals surface area (Å²) < 4.78 is 0. The summed E-state index contributed by atoms with van der Waals surface area (Å²) in [5, 5.41) is 67.3. The minimum Gasteiger partial charge on any atom is -0.508 e. The van der Waals surface area contributed by atoms with Gasteiger partial charge in [0.15, 0.2) is 12.0 Å². The molecule has 0 bridgehead atoms. The summed E-state index contributed by atoms with van der Waals surface area (Å²) >= 11 is 0. The van der Waals surface area contributed by atoms with Gasteiger partial charge in [-0.15, -0.1) is 0 Å². The lowest BCUT2D eigenvalue weighted by Gasteiger charge is -2.31. The molecule has 1 heterocycles. The van der Waals surface area contributed by atoms with E-state index in [2.05, 4.69) is 42.2 Å². The van der Waals surface area contributed by atoms with Crippen molar-refractivity contribution in [1.82, 2.24) is 42.1 Å². The van der Waals surface area contributed by atoms with Gasteiger partial charge < -0.3 is 96.3 Å². The number of hydrogen-bond acceptors (Lipinski definition) is 17. The highest BCUT2D eigenvalue weighted by Crippen LogP contribution is 2.21. The molecule has 30 heteroatoms. The molecule has 0 saturated carbocycles. The molecule has 10 amide bonds. The minimum absolute atomic E-state index is 0.0147. The molecule has 1 aromatic carbocycles. The number of aliphatic imine (C=N–C) groups is 1. The molecule has 1 aliphatic rings. The number of aromatic hydroxyl groups is 1. The molecule has 430 valence electrons. The minimum atomic E-state index is -1.88. The number of aliphatic carboxylic acids is 1. The van der Waals surface area contributed by atoms with Crippen LogP contribution < -0.4 is 65.9 Å². The summed E-state index contributed by atoms with van der Waals surface area (Å²) in [5.74, 6) is -11.7. The van der Waals surface area contributed by atoms with Crippen LogP contribution in [0.1, 0.15) is 91.0 Å². The van der Waals surface area contributed by atoms with Gasteiger partial charge in [-0.25, -0.2) is 4.79 Å². The topological polar surface area (TPSA) is 519 Å². The Morgan fingerprint density at radius 1 is 0.649 bits per heavy atom. The van der Waals surface area contributed by atoms with E-state index in [1.54, 1.807) is 13.8 Å². The van der Waals surface area contributed by atoms with Gasteiger partial charge in [0.25, 0.3) is 0 Å². The number of nitrogens with one attached hydrogen (secondary N) is 7. The monoisotopic (exact) mass is 1090 g/mol. The van der Waals surface area contributed by atoms with Crippen molar-refractivity contribution in [3.05, 3.63) is 29.8 Å². The number of hydrogen-bond donors (Lipinski definition) is 17. The predicted octanol–water partition coefficient (Wildman–Crippen LogP) is -6.88. The van der Waals surface area contributed by atoms with E-state index in [9.17, 15) is 78.3 Å². The lowest BCUT2D eigenvalue weighted by molar-refractivity contribution is -0.145. The van der Waals surface area contributed by atoms with Crippen LogP contribution in [-0.2, 0) is 59.2 Å². The Bertz CT molecular complexity index is 2260. The molecule has 30 nitrogen and oxygen atoms in total. The van der Waals surface area contributed by atoms with E-state index >= 15 is 0 Å². The standard InChI is InChI=1S/C47H76N14O16/c1-22(2)19-30(56-39(69)29(14-16-35(50)67)54-38(68)27(48)13-15-34(49)66)41(71)58-32(21-62)42(72)59-36(23(3)63)44(74)57-31(20-25-9-11-26(65)12-10-25)45(75)61-18-6-8-33(61)43(73)55-28(7-5-17-53-47(51)52)40(70)60-37(24(4)64)46(76)77/h9-12,22-24,27-33,36-37,62-65H,5-8,13-21,48H2,1-4H3,(H2,49,66)(H2,50,67)(H,54,68)(H,55,73)(H,56,69)(H,57,74)(H,58,71)(H,59,72)(H,60,70)(H,76,77)(H4,51,52,53)/t23-,24-,27+,28+,29+,30+,31+,32+,33+,36+,37+/m1/s1. The zero-order valence-electron chi connectivity index (χ0n) is 43.4. The highest BCUT2D eigenvalue weighted by Gasteiger charge is 2.41. The van der Waals surface area contributed by atoms with Gasteiger partial charge in [0.2, 0.25) is 59.1 Å². The molecule has 0 unspecified atom stereocenters. The van der Waals surface area contributed by atoms with Crippen molar-refractivity contribution >= 4 is 71.0 Å². The predicted molar refractivity (Wildman–Crippen MR) is 272 cm³/mol. The molecule has 1 fully saturated rings. The van der Waals surface area contributed by atoms with Crippen LogP contribution >= 0.6 is 0 Å². The Kier molecular flexibility index (Phi) is 27.2. The lowest BCUT2D eigenvalue weighted by atomic mass is 10.0. The van der Waals surface area contributed by atoms with Gasteiger partial charge in [-0.05, 0) is 82.4 Å². The van der Waals surface area contributed by atoms with Crippen LogP contribution in [0, 0.1) is 5.92 Å². The molecular formula is C47H76N14O16. The van der Waals surface area contributed by atoms with Crippen molar-refractivity contribution in [2.45, 2.75) is 158 Å². The van der Waals surface area contributed by atoms with Crippen molar-refractivity contribution in [2.24, 2.45) is 39.6 Å². The Labute approximate surface area is 443 Å². The fourth-order valence-electron chi connectivity index (χ4n) is 7.88. The normalized spacial score (nSPS) is 17.0. The molecule has 1 aromatic rings. The Morgan fingerprint density at radius 3 is 1.70 bits per heavy atom. The highest BCUT2D eigenvalue weighted by molar-refractivity contribution is 5.98. The number of phenolic OH excluding ortho intramolecular Hbond substituents is 1. The van der Waals surface area contributed by atoms with Crippen LogP contribution in [0.4, 0.5) is 0 Å². The number of likely N-dealkylation sites (tertiary alicyclic amines) is 1. The fourth-order valence-corrected chi connectivity index (χ4v) is 7.88. The lowest BCUT2D eigenvalue weighted by Crippen LogP contribution is -2.62. The summed E-state index contributed by atoms with van der Waals surface area (Å²) in [6.45, 7) is 4.52. The number of carboxylic acid groups (broad SMARTS) is 1. The number of primary amides is 2. The van der Waals surface area contributed by atoms with E-state index < -0.39 is 138 Å². The van der Waals surface area contributed by atoms with E-state index in [1.165, 1.54) is 24.3 Å². The third-order valence-corrected chi connectivity index (χ3v) is 12.0. The second-order valence-corrected chi connectivity index (χ2v) is 19.0. The second-order valence-electron chi connectivity index (χ2n) is 19.0. The van der Waals surface area contributed by atoms with Crippen LogP contribution in [0.2, 0.25) is 0 Å². The maximum absolute atomic E-state index is 14.6. The number of carbonyl (C=O) groups is 11. The number of carbonyl (C=O) groups excluding carboxylic acids is 10. The van der Waals surface area contributed by atoms with Gasteiger partial charge in [0.1, 0.15) is 48.0 Å². The number of rotatable bonds is 33. The van der Waals surface area contributed by atoms with Crippen molar-refractivity contribution in [3.63, 3.8) is 0 Å². The number of phenols is 1. The third-order valence-electron chi connectivity index (χ3n) is 12.0. The molecule has 1 saturated heterocycles. The summed E-state index contributed by atoms with van der Waals surface area (Å²) in [6.07, 6.45) is -4.43. The summed E-state index contributed by atoms with van der Waals surface area (Å²) in [6, 6.07) is -8.40. The third kappa shape index (κ3) is 22.6. The first-order chi connectivity index (χ1) is 36.1. The zero-order chi connectivity index (χ0) is 58.3. The van der Waals surface area contributed by atoms with Crippen LogP contribution in [0.5, 0.6) is 5.75 Å². The summed E-state index contributed by atoms with van der Waals surface area (Å²) in [7, 11) is 0. The SMILES string of the molecule is CC(C)C[C@H](NC(=O)[C@H](CCC(N)=O)NC(=O)[C@@H](N)CCC(N)=O)C(=O)N[C@@H](CO)C(=O)N[C@H](C(=O)N[C@@H](Cc1ccc(O)cc1)C(=O)N1CCC[C@H]1C(=O)N[C@@H](CCCN=C(N)N)C(=O)N[C@H](C(=O)O)[C@@H](C)O)[C@@H](C)O. The number of aliphatic hydroxyl groups excluding tert-OH is 3. The maximum Gasteiger partial charge on any atom is 0.328 e. The smallest absolute Gasteiger partial charge is 0.328 e. The first-order valence-corrected chi connectivity index (χ1v) is 24.8. The molecule has 77 heavy (non-hydrogen) atoms. The van der Waals surface area contributed by atoms with Crippen molar-refractivity contribution in [3.8, 4) is 5.75 Å². The summed E-state index contributed by atoms with van der Waals surface area (Å²) in [5.41, 5.74) is 27.5. The van der Waals surface area contributed by atoms with E-state index in [1.807, 2.05) is 0 Å². The Hall–Kier alpha value is -7.70. The van der Waals surface area contributed by atoms with E-state index in [0.29, 0.717) is 5.56 Å². The fraction of sp³-hybridized carbons (Fsp3) is 0.617. The van der Waals surface area contributed by atoms with Gasteiger partial charge in [-0.2, -0.15) is 0 Å². The van der Waals surface area contributed by atoms with Gasteiger partial charge >= 0.3 is 5.97 Å². The second kappa shape index (κ2) is 32.0. The largest absolute Gasteiger partial charge is 0.508 e. The number of aliphatic hydroxyl groups is 3. The van der Waals surface area contributed by atoms with Crippen LogP contribution in [0.3, 0.4) is 0 Å². The molecule has 22 N–H and O–H groups in total. The number of amides is 10. The molecule has 2 rings (SSSR count). The van der Waals surface area contributed by atoms with E-state index in [4.69, 9.17) is 28.7 Å². The van der Waals surface area contributed by atoms with Gasteiger partial charge in [-0.1, -0.05) is 26.0 Å². The molecule has 0 aliphatic carbocycles. The van der Waals surface area contributed by atoms with Gasteiger partial charge in [-0.3, -0.25) is 52.9 Å². The molecular weight excluding hydrogens is 1020 g/mol. The van der Waals surface area contributed by atoms with E-state index in [-0.39, 0.29) is 94.9 Å². The highest BCUT2D eigenvalue weighted by atomic mass is 16.4. The number of guanidine groups is 1. The average Bonchev–Trinajstić information content (AvgIpc) is 3.85. The van der Waals surface area contributed by atoms with Gasteiger partial charge in [0.05, 0.1) is 24.9 Å². The van der Waals surface area contributed by atoms with Crippen molar-refractivity contribution in [1.29, 1.82) is 0 Å². The Balaban J connectivity index is 2.40. The maximum atomic E-state index is 14.6. The number of nitrogens with two attached hydrogens (primary N) is 5. The van der Waals surface area contributed by atoms with Crippen LogP contribution in [-0.4, -0.2) is 188 Å². The number of carboxylic acids is 1.